The van der Waals surface area contributed by atoms with Crippen LogP contribution in [0.5, 0.6) is 0 Å². The van der Waals surface area contributed by atoms with Gasteiger partial charge in [-0.2, -0.15) is 0 Å². The van der Waals surface area contributed by atoms with Crippen LogP contribution in [0.4, 0.5) is 5.69 Å². The molecule has 4 nitrogen and oxygen atoms in total. The first-order valence-electron chi connectivity index (χ1n) is 8.40. The Balaban J connectivity index is 2.11. The molecule has 0 aliphatic heterocycles. The first-order chi connectivity index (χ1) is 11.7. The lowest BCUT2D eigenvalue weighted by atomic mass is 9.99. The van der Waals surface area contributed by atoms with Crippen LogP contribution in [0.25, 0.3) is 0 Å². The molecule has 0 spiro atoms. The molecule has 2 amide bonds. The Morgan fingerprint density at radius 3 is 2.16 bits per heavy atom. The zero-order chi connectivity index (χ0) is 18.7. The standard InChI is InChI=1S/C21H26N2O2/c1-13-10-15(3)20(16(4)11-13)21(25)23(6)12-19(24)22-18-9-7-8-14(2)17(18)5/h7-11H,12H2,1-6H3,(H,22,24). The Kier molecular flexibility index (Phi) is 5.62. The van der Waals surface area contributed by atoms with E-state index in [1.807, 2.05) is 65.0 Å². The largest absolute Gasteiger partial charge is 0.332 e. The number of benzene rings is 2. The molecule has 0 atom stereocenters. The number of hydrogen-bond donors (Lipinski definition) is 1. The zero-order valence-corrected chi connectivity index (χ0v) is 15.9. The molecule has 0 aliphatic rings. The SMILES string of the molecule is Cc1cc(C)c(C(=O)N(C)CC(=O)Nc2cccc(C)c2C)c(C)c1. The molecule has 2 aromatic carbocycles. The predicted molar refractivity (Wildman–Crippen MR) is 102 cm³/mol. The number of nitrogens with one attached hydrogen (secondary N) is 1. The van der Waals surface area contributed by atoms with Crippen LogP contribution in [-0.4, -0.2) is 30.3 Å². The van der Waals surface area contributed by atoms with E-state index in [4.69, 9.17) is 0 Å². The molecule has 2 aromatic rings. The van der Waals surface area contributed by atoms with Crippen molar-refractivity contribution in [3.05, 3.63) is 63.7 Å². The fourth-order valence-electron chi connectivity index (χ4n) is 3.07. The summed E-state index contributed by atoms with van der Waals surface area (Å²) in [6.07, 6.45) is 0. The third-order valence-electron chi connectivity index (χ3n) is 4.50. The van der Waals surface area contributed by atoms with Gasteiger partial charge in [-0.05, 0) is 62.9 Å². The van der Waals surface area contributed by atoms with E-state index in [2.05, 4.69) is 5.32 Å². The van der Waals surface area contributed by atoms with Crippen molar-refractivity contribution in [2.24, 2.45) is 0 Å². The topological polar surface area (TPSA) is 49.4 Å². The van der Waals surface area contributed by atoms with Crippen molar-refractivity contribution in [1.29, 1.82) is 0 Å². The third-order valence-corrected chi connectivity index (χ3v) is 4.50. The van der Waals surface area contributed by atoms with Crippen molar-refractivity contribution in [2.45, 2.75) is 34.6 Å². The molecule has 1 N–H and O–H groups in total. The van der Waals surface area contributed by atoms with Crippen LogP contribution in [-0.2, 0) is 4.79 Å². The van der Waals surface area contributed by atoms with E-state index in [1.54, 1.807) is 7.05 Å². The Hall–Kier alpha value is -2.62. The van der Waals surface area contributed by atoms with E-state index >= 15 is 0 Å². The predicted octanol–water partition coefficient (Wildman–Crippen LogP) is 3.94. The van der Waals surface area contributed by atoms with Crippen molar-refractivity contribution in [3.8, 4) is 0 Å². The molecule has 0 radical (unpaired) electrons. The van der Waals surface area contributed by atoms with Crippen molar-refractivity contribution >= 4 is 17.5 Å². The molecular formula is C21H26N2O2. The highest BCUT2D eigenvalue weighted by atomic mass is 16.2. The lowest BCUT2D eigenvalue weighted by Gasteiger charge is -2.20. The molecule has 4 heteroatoms. The second kappa shape index (κ2) is 7.51. The fraction of sp³-hybridized carbons (Fsp3) is 0.333. The molecule has 0 saturated carbocycles. The number of amides is 2. The summed E-state index contributed by atoms with van der Waals surface area (Å²) < 4.78 is 0. The van der Waals surface area contributed by atoms with Crippen LogP contribution >= 0.6 is 0 Å². The highest BCUT2D eigenvalue weighted by molar-refractivity contribution is 6.01. The quantitative estimate of drug-likeness (QED) is 0.918. The molecule has 0 bridgehead atoms. The number of rotatable bonds is 4. The lowest BCUT2D eigenvalue weighted by Crippen LogP contribution is -2.35. The molecule has 0 fully saturated rings. The van der Waals surface area contributed by atoms with Gasteiger partial charge >= 0.3 is 0 Å². The highest BCUT2D eigenvalue weighted by Crippen LogP contribution is 2.19. The number of nitrogens with zero attached hydrogens (tertiary/aromatic N) is 1. The van der Waals surface area contributed by atoms with Gasteiger partial charge in [0, 0.05) is 18.3 Å². The Labute approximate surface area is 149 Å². The van der Waals surface area contributed by atoms with Crippen molar-refractivity contribution in [2.75, 3.05) is 18.9 Å². The zero-order valence-electron chi connectivity index (χ0n) is 15.9. The number of carbonyl (C=O) groups excluding carboxylic acids is 2. The molecular weight excluding hydrogens is 312 g/mol. The first-order valence-corrected chi connectivity index (χ1v) is 8.40. The summed E-state index contributed by atoms with van der Waals surface area (Å²) in [5.74, 6) is -0.335. The Morgan fingerprint density at radius 2 is 1.56 bits per heavy atom. The van der Waals surface area contributed by atoms with E-state index in [0.717, 1.165) is 33.5 Å². The molecule has 25 heavy (non-hydrogen) atoms. The van der Waals surface area contributed by atoms with Crippen molar-refractivity contribution < 1.29 is 9.59 Å². The molecule has 0 unspecified atom stereocenters. The normalized spacial score (nSPS) is 10.5. The van der Waals surface area contributed by atoms with Gasteiger partial charge in [0.2, 0.25) is 5.91 Å². The lowest BCUT2D eigenvalue weighted by molar-refractivity contribution is -0.116. The number of likely N-dealkylation sites (N-methyl/N-ethyl adjacent to an activating group) is 1. The van der Waals surface area contributed by atoms with Crippen LogP contribution in [0, 0.1) is 34.6 Å². The minimum absolute atomic E-state index is 0.0129. The van der Waals surface area contributed by atoms with Gasteiger partial charge < -0.3 is 10.2 Å². The molecule has 0 heterocycles. The van der Waals surface area contributed by atoms with Crippen LogP contribution in [0.3, 0.4) is 0 Å². The molecule has 132 valence electrons. The minimum atomic E-state index is -0.202. The number of carbonyl (C=O) groups is 2. The van der Waals surface area contributed by atoms with E-state index in [9.17, 15) is 9.59 Å². The second-order valence-electron chi connectivity index (χ2n) is 6.73. The van der Waals surface area contributed by atoms with Crippen LogP contribution in [0.1, 0.15) is 38.2 Å². The van der Waals surface area contributed by atoms with E-state index in [-0.39, 0.29) is 18.4 Å². The van der Waals surface area contributed by atoms with Gasteiger partial charge in [-0.3, -0.25) is 9.59 Å². The highest BCUT2D eigenvalue weighted by Gasteiger charge is 2.19. The summed E-state index contributed by atoms with van der Waals surface area (Å²) in [5, 5.41) is 2.89. The molecule has 0 aromatic heterocycles. The Morgan fingerprint density at radius 1 is 0.960 bits per heavy atom. The molecule has 2 rings (SSSR count). The molecule has 0 aliphatic carbocycles. The maximum atomic E-state index is 12.8. The summed E-state index contributed by atoms with van der Waals surface area (Å²) >= 11 is 0. The van der Waals surface area contributed by atoms with Crippen LogP contribution in [0.15, 0.2) is 30.3 Å². The van der Waals surface area contributed by atoms with Gasteiger partial charge in [-0.15, -0.1) is 0 Å². The monoisotopic (exact) mass is 338 g/mol. The maximum absolute atomic E-state index is 12.8. The molecule has 0 saturated heterocycles. The van der Waals surface area contributed by atoms with E-state index in [0.29, 0.717) is 5.56 Å². The van der Waals surface area contributed by atoms with Gasteiger partial charge in [-0.1, -0.05) is 29.8 Å². The van der Waals surface area contributed by atoms with Gasteiger partial charge in [0.05, 0.1) is 6.54 Å². The minimum Gasteiger partial charge on any atom is -0.332 e. The van der Waals surface area contributed by atoms with Gasteiger partial charge in [0.25, 0.3) is 5.91 Å². The summed E-state index contributed by atoms with van der Waals surface area (Å²) in [6, 6.07) is 9.76. The van der Waals surface area contributed by atoms with Gasteiger partial charge in [-0.25, -0.2) is 0 Å². The fourth-order valence-corrected chi connectivity index (χ4v) is 3.07. The number of aryl methyl sites for hydroxylation is 4. The average Bonchev–Trinajstić information content (AvgIpc) is 2.50. The summed E-state index contributed by atoms with van der Waals surface area (Å²) in [5.41, 5.74) is 6.61. The number of anilines is 1. The van der Waals surface area contributed by atoms with Crippen molar-refractivity contribution in [3.63, 3.8) is 0 Å². The smallest absolute Gasteiger partial charge is 0.254 e. The summed E-state index contributed by atoms with van der Waals surface area (Å²) in [7, 11) is 1.66. The summed E-state index contributed by atoms with van der Waals surface area (Å²) in [6.45, 7) is 9.85. The van der Waals surface area contributed by atoms with Gasteiger partial charge in [0.1, 0.15) is 0 Å². The van der Waals surface area contributed by atoms with Crippen LogP contribution < -0.4 is 5.32 Å². The van der Waals surface area contributed by atoms with Crippen LogP contribution in [0.2, 0.25) is 0 Å². The van der Waals surface area contributed by atoms with E-state index in [1.165, 1.54) is 4.90 Å². The first kappa shape index (κ1) is 18.7. The Bertz CT molecular complexity index is 802. The maximum Gasteiger partial charge on any atom is 0.254 e. The van der Waals surface area contributed by atoms with Gasteiger partial charge in [0.15, 0.2) is 0 Å². The number of hydrogen-bond acceptors (Lipinski definition) is 2. The average molecular weight is 338 g/mol. The van der Waals surface area contributed by atoms with E-state index < -0.39 is 0 Å². The summed E-state index contributed by atoms with van der Waals surface area (Å²) in [4.78, 5) is 26.6. The second-order valence-corrected chi connectivity index (χ2v) is 6.73. The third kappa shape index (κ3) is 4.27. The van der Waals surface area contributed by atoms with Crippen molar-refractivity contribution in [1.82, 2.24) is 4.90 Å².